The van der Waals surface area contributed by atoms with Gasteiger partial charge in [-0.15, -0.1) is 0 Å². The number of nitrogens with zero attached hydrogens (tertiary/aromatic N) is 2. The Morgan fingerprint density at radius 2 is 1.95 bits per heavy atom. The first kappa shape index (κ1) is 16.4. The highest BCUT2D eigenvalue weighted by Gasteiger charge is 2.27. The summed E-state index contributed by atoms with van der Waals surface area (Å²) in [7, 11) is 1.92. The molecule has 1 rings (SSSR count). The van der Waals surface area contributed by atoms with E-state index in [1.165, 1.54) is 13.0 Å². The first-order valence-corrected chi connectivity index (χ1v) is 7.70. The molecule has 19 heavy (non-hydrogen) atoms. The molecule has 0 saturated carbocycles. The van der Waals surface area contributed by atoms with E-state index in [9.17, 15) is 4.79 Å². The Bertz CT molecular complexity index is 273. The van der Waals surface area contributed by atoms with Crippen LogP contribution in [-0.4, -0.2) is 54.5 Å². The molecule has 0 aliphatic carbocycles. The molecule has 1 amide bonds. The van der Waals surface area contributed by atoms with Crippen LogP contribution in [0.5, 0.6) is 0 Å². The minimum atomic E-state index is -0.335. The van der Waals surface area contributed by atoms with Crippen LogP contribution in [0.3, 0.4) is 0 Å². The molecule has 0 aromatic heterocycles. The zero-order valence-electron chi connectivity index (χ0n) is 13.1. The van der Waals surface area contributed by atoms with Gasteiger partial charge in [0, 0.05) is 26.2 Å². The van der Waals surface area contributed by atoms with E-state index in [0.29, 0.717) is 12.0 Å². The molecule has 0 spiro atoms. The van der Waals surface area contributed by atoms with Crippen molar-refractivity contribution >= 4 is 5.91 Å². The summed E-state index contributed by atoms with van der Waals surface area (Å²) in [6.07, 6.45) is 4.14. The predicted molar refractivity (Wildman–Crippen MR) is 80.0 cm³/mol. The largest absolute Gasteiger partial charge is 0.341 e. The van der Waals surface area contributed by atoms with E-state index in [4.69, 9.17) is 5.73 Å². The summed E-state index contributed by atoms with van der Waals surface area (Å²) in [6, 6.07) is 0.0393. The fraction of sp³-hybridized carbons (Fsp3) is 0.933. The fourth-order valence-corrected chi connectivity index (χ4v) is 2.90. The number of hydrogen-bond donors (Lipinski definition) is 1. The summed E-state index contributed by atoms with van der Waals surface area (Å²) in [5.41, 5.74) is 6.00. The smallest absolute Gasteiger partial charge is 0.239 e. The molecular formula is C15H31N3O. The van der Waals surface area contributed by atoms with Gasteiger partial charge < -0.3 is 15.5 Å². The van der Waals surface area contributed by atoms with Gasteiger partial charge in [-0.1, -0.05) is 20.8 Å². The number of hydrogen-bond acceptors (Lipinski definition) is 3. The molecule has 0 bridgehead atoms. The quantitative estimate of drug-likeness (QED) is 0.798. The van der Waals surface area contributed by atoms with Crippen LogP contribution in [0.4, 0.5) is 0 Å². The van der Waals surface area contributed by atoms with Crippen molar-refractivity contribution in [3.63, 3.8) is 0 Å². The van der Waals surface area contributed by atoms with E-state index in [2.05, 4.69) is 25.7 Å². The maximum Gasteiger partial charge on any atom is 0.239 e. The second-order valence-corrected chi connectivity index (χ2v) is 6.26. The van der Waals surface area contributed by atoms with Crippen molar-refractivity contribution < 1.29 is 4.79 Å². The van der Waals surface area contributed by atoms with E-state index in [1.54, 1.807) is 0 Å². The van der Waals surface area contributed by atoms with E-state index in [-0.39, 0.29) is 11.9 Å². The Morgan fingerprint density at radius 1 is 1.37 bits per heavy atom. The number of likely N-dealkylation sites (tertiary alicyclic amines) is 1. The minimum absolute atomic E-state index is 0.114. The van der Waals surface area contributed by atoms with Gasteiger partial charge in [-0.3, -0.25) is 4.79 Å². The first-order valence-electron chi connectivity index (χ1n) is 7.70. The van der Waals surface area contributed by atoms with Gasteiger partial charge in [0.05, 0.1) is 6.04 Å². The van der Waals surface area contributed by atoms with Crippen LogP contribution >= 0.6 is 0 Å². The lowest BCUT2D eigenvalue weighted by atomic mass is 10.00. The van der Waals surface area contributed by atoms with Gasteiger partial charge in [0.2, 0.25) is 5.91 Å². The number of likely N-dealkylation sites (N-methyl/N-ethyl adjacent to an activating group) is 1. The maximum absolute atomic E-state index is 12.3. The second kappa shape index (κ2) is 7.85. The number of rotatable bonds is 6. The van der Waals surface area contributed by atoms with Crippen LogP contribution in [0.1, 0.15) is 46.5 Å². The lowest BCUT2D eigenvalue weighted by Crippen LogP contribution is -2.50. The van der Waals surface area contributed by atoms with Gasteiger partial charge in [-0.25, -0.2) is 0 Å². The number of carbonyl (C=O) groups excluding carboxylic acids is 1. The van der Waals surface area contributed by atoms with Crippen molar-refractivity contribution in [3.8, 4) is 0 Å². The first-order chi connectivity index (χ1) is 8.95. The van der Waals surface area contributed by atoms with Gasteiger partial charge in [-0.05, 0) is 38.1 Å². The number of piperidine rings is 1. The standard InChI is InChI=1S/C15H31N3O/c1-5-8-18-9-6-13(7-10-18)17(4)15(19)14(16)11-12(2)3/h12-14H,5-11,16H2,1-4H3/t14-/m0/s1. The van der Waals surface area contributed by atoms with Gasteiger partial charge in [-0.2, -0.15) is 0 Å². The van der Waals surface area contributed by atoms with Crippen molar-refractivity contribution in [1.82, 2.24) is 9.80 Å². The summed E-state index contributed by atoms with van der Waals surface area (Å²) >= 11 is 0. The van der Waals surface area contributed by atoms with Crippen LogP contribution in [-0.2, 0) is 4.79 Å². The number of carbonyl (C=O) groups is 1. The predicted octanol–water partition coefficient (Wildman–Crippen LogP) is 1.69. The highest BCUT2D eigenvalue weighted by Crippen LogP contribution is 2.17. The normalized spacial score (nSPS) is 19.7. The highest BCUT2D eigenvalue weighted by molar-refractivity contribution is 5.81. The summed E-state index contributed by atoms with van der Waals surface area (Å²) in [5, 5.41) is 0. The van der Waals surface area contributed by atoms with E-state index in [0.717, 1.165) is 32.4 Å². The molecule has 1 atom stereocenters. The Balaban J connectivity index is 2.41. The fourth-order valence-electron chi connectivity index (χ4n) is 2.90. The lowest BCUT2D eigenvalue weighted by Gasteiger charge is -2.37. The summed E-state index contributed by atoms with van der Waals surface area (Å²) in [4.78, 5) is 16.7. The Morgan fingerprint density at radius 3 is 2.42 bits per heavy atom. The van der Waals surface area contributed by atoms with Gasteiger partial charge in [0.1, 0.15) is 0 Å². The van der Waals surface area contributed by atoms with Crippen molar-refractivity contribution in [2.75, 3.05) is 26.7 Å². The van der Waals surface area contributed by atoms with E-state index < -0.39 is 0 Å². The molecule has 1 aliphatic heterocycles. The third-order valence-electron chi connectivity index (χ3n) is 4.03. The molecule has 0 unspecified atom stereocenters. The minimum Gasteiger partial charge on any atom is -0.341 e. The average Bonchev–Trinajstić information content (AvgIpc) is 2.37. The molecule has 1 heterocycles. The molecule has 4 heteroatoms. The average molecular weight is 269 g/mol. The molecule has 1 aliphatic rings. The van der Waals surface area contributed by atoms with Gasteiger partial charge in [0.25, 0.3) is 0 Å². The molecule has 112 valence electrons. The Hall–Kier alpha value is -0.610. The van der Waals surface area contributed by atoms with Crippen molar-refractivity contribution in [1.29, 1.82) is 0 Å². The number of amides is 1. The van der Waals surface area contributed by atoms with E-state index in [1.807, 2.05) is 11.9 Å². The SMILES string of the molecule is CCCN1CCC(N(C)C(=O)[C@@H](N)CC(C)C)CC1. The lowest BCUT2D eigenvalue weighted by molar-refractivity contribution is -0.134. The molecular weight excluding hydrogens is 238 g/mol. The van der Waals surface area contributed by atoms with E-state index >= 15 is 0 Å². The van der Waals surface area contributed by atoms with Gasteiger partial charge >= 0.3 is 0 Å². The summed E-state index contributed by atoms with van der Waals surface area (Å²) < 4.78 is 0. The van der Waals surface area contributed by atoms with Crippen LogP contribution in [0.15, 0.2) is 0 Å². The van der Waals surface area contributed by atoms with Crippen molar-refractivity contribution in [3.05, 3.63) is 0 Å². The van der Waals surface area contributed by atoms with Crippen LogP contribution in [0.25, 0.3) is 0 Å². The Kier molecular flexibility index (Phi) is 6.80. The van der Waals surface area contributed by atoms with Crippen LogP contribution in [0, 0.1) is 5.92 Å². The molecule has 0 radical (unpaired) electrons. The van der Waals surface area contributed by atoms with Gasteiger partial charge in [0.15, 0.2) is 0 Å². The maximum atomic E-state index is 12.3. The monoisotopic (exact) mass is 269 g/mol. The Labute approximate surface area is 118 Å². The molecule has 1 fully saturated rings. The molecule has 1 saturated heterocycles. The highest BCUT2D eigenvalue weighted by atomic mass is 16.2. The third-order valence-corrected chi connectivity index (χ3v) is 4.03. The van der Waals surface area contributed by atoms with Crippen LogP contribution < -0.4 is 5.73 Å². The topological polar surface area (TPSA) is 49.6 Å². The second-order valence-electron chi connectivity index (χ2n) is 6.26. The van der Waals surface area contributed by atoms with Crippen LogP contribution in [0.2, 0.25) is 0 Å². The number of nitrogens with two attached hydrogens (primary N) is 1. The molecule has 0 aromatic carbocycles. The van der Waals surface area contributed by atoms with Crippen molar-refractivity contribution in [2.24, 2.45) is 11.7 Å². The van der Waals surface area contributed by atoms with Crippen molar-refractivity contribution in [2.45, 2.75) is 58.5 Å². The molecule has 2 N–H and O–H groups in total. The third kappa shape index (κ3) is 5.11. The zero-order chi connectivity index (χ0) is 14.4. The summed E-state index contributed by atoms with van der Waals surface area (Å²) in [5.74, 6) is 0.585. The zero-order valence-corrected chi connectivity index (χ0v) is 13.1. The summed E-state index contributed by atoms with van der Waals surface area (Å²) in [6.45, 7) is 9.82. The molecule has 0 aromatic rings. The molecule has 4 nitrogen and oxygen atoms in total.